The summed E-state index contributed by atoms with van der Waals surface area (Å²) in [6.07, 6.45) is 5.30. The Morgan fingerprint density at radius 1 is 1.14 bits per heavy atom. The molecule has 0 saturated carbocycles. The van der Waals surface area contributed by atoms with Crippen molar-refractivity contribution in [1.82, 2.24) is 40.1 Å². The highest BCUT2D eigenvalue weighted by Gasteiger charge is 2.34. The van der Waals surface area contributed by atoms with Crippen LogP contribution in [0.1, 0.15) is 83.7 Å². The maximum Gasteiger partial charge on any atom is 0.293 e. The summed E-state index contributed by atoms with van der Waals surface area (Å²) in [6, 6.07) is 9.38. The quantitative estimate of drug-likeness (QED) is 0.108. The zero-order valence-corrected chi connectivity index (χ0v) is 39.8. The number of hydrogen-bond acceptors (Lipinski definition) is 12. The minimum Gasteiger partial charge on any atom is -0.467 e. The molecule has 5 heterocycles. The van der Waals surface area contributed by atoms with Gasteiger partial charge in [0.2, 0.25) is 12.3 Å². The van der Waals surface area contributed by atoms with Gasteiger partial charge in [0.1, 0.15) is 12.1 Å². The monoisotopic (exact) mass is 888 g/mol. The number of amides is 3. The van der Waals surface area contributed by atoms with Crippen molar-refractivity contribution in [3.8, 4) is 22.5 Å². The summed E-state index contributed by atoms with van der Waals surface area (Å²) in [5.74, 6) is -0.784. The molecule has 0 spiro atoms. The number of nitrogens with one attached hydrogen (secondary N) is 2. The van der Waals surface area contributed by atoms with Crippen LogP contribution in [0.4, 0.5) is 0 Å². The van der Waals surface area contributed by atoms with Gasteiger partial charge in [-0.1, -0.05) is 33.8 Å². The van der Waals surface area contributed by atoms with E-state index in [2.05, 4.69) is 79.2 Å². The second kappa shape index (κ2) is 22.2. The van der Waals surface area contributed by atoms with Gasteiger partial charge in [0.25, 0.3) is 12.4 Å². The highest BCUT2D eigenvalue weighted by Crippen LogP contribution is 2.42. The molecule has 5 atom stereocenters. The normalized spacial score (nSPS) is 18.2. The number of aryl methyl sites for hydroxylation is 1. The highest BCUT2D eigenvalue weighted by molar-refractivity contribution is 7.10. The molecule has 1 aromatic carbocycles. The maximum atomic E-state index is 13.9. The third-order valence-corrected chi connectivity index (χ3v) is 13.1. The number of pyridine rings is 1. The molecule has 5 unspecified atom stereocenters. The average Bonchev–Trinajstić information content (AvgIpc) is 3.88. The smallest absolute Gasteiger partial charge is 0.293 e. The van der Waals surface area contributed by atoms with Crippen LogP contribution in [0.5, 0.6) is 0 Å². The maximum absolute atomic E-state index is 13.9. The molecule has 2 aliphatic heterocycles. The molecule has 2 saturated heterocycles. The van der Waals surface area contributed by atoms with E-state index < -0.39 is 12.1 Å². The van der Waals surface area contributed by atoms with Crippen LogP contribution in [0.15, 0.2) is 41.9 Å². The zero-order chi connectivity index (χ0) is 46.0. The number of benzene rings is 1. The standard InChI is InChI=1S/C41H55N7O6S.C6H13NO/c1-9-47-34-15-14-28(19-30(34)31(21-41(5,6)23-54-25-50)38(47)29-13-12-16-42-36(29)27(4)53-8)33-22-55-35(44-33)20-32(40(52)48-18-11-10-17-43-48)45-39(51)37(26(2)3)46(7)24-49;1-5-6(8-3)4-7(5)2/h12-16,19,22,24-27,32,37,43H,9-11,17-18,20-21,23H2,1-8H3,(H,45,51);5-6H,4H2,1-3H3. The lowest BCUT2D eigenvalue weighted by molar-refractivity contribution is -0.142. The number of hydrazine groups is 1. The Labute approximate surface area is 376 Å². The lowest BCUT2D eigenvalue weighted by Crippen LogP contribution is -2.58. The van der Waals surface area contributed by atoms with Gasteiger partial charge in [-0.2, -0.15) is 0 Å². The van der Waals surface area contributed by atoms with Gasteiger partial charge in [-0.15, -0.1) is 11.3 Å². The van der Waals surface area contributed by atoms with Crippen molar-refractivity contribution in [1.29, 1.82) is 0 Å². The van der Waals surface area contributed by atoms with E-state index in [0.29, 0.717) is 56.1 Å². The van der Waals surface area contributed by atoms with E-state index in [1.54, 1.807) is 32.5 Å². The molecule has 0 bridgehead atoms. The van der Waals surface area contributed by atoms with Crippen molar-refractivity contribution in [2.75, 3.05) is 54.6 Å². The van der Waals surface area contributed by atoms with E-state index in [9.17, 15) is 19.2 Å². The fourth-order valence-electron chi connectivity index (χ4n) is 8.52. The van der Waals surface area contributed by atoms with Crippen LogP contribution >= 0.6 is 11.3 Å². The molecule has 15 nitrogen and oxygen atoms in total. The largest absolute Gasteiger partial charge is 0.467 e. The summed E-state index contributed by atoms with van der Waals surface area (Å²) < 4.78 is 18.5. The Kier molecular flexibility index (Phi) is 17.4. The van der Waals surface area contributed by atoms with Gasteiger partial charge >= 0.3 is 0 Å². The average molecular weight is 889 g/mol. The third-order valence-electron chi connectivity index (χ3n) is 12.2. The number of fused-ring (bicyclic) bond motifs is 1. The Balaban J connectivity index is 0.000000840. The Morgan fingerprint density at radius 3 is 2.49 bits per heavy atom. The molecular formula is C47H68N8O7S. The predicted molar refractivity (Wildman–Crippen MR) is 247 cm³/mol. The minimum atomic E-state index is -0.882. The van der Waals surface area contributed by atoms with E-state index in [1.807, 2.05) is 32.2 Å². The van der Waals surface area contributed by atoms with Gasteiger partial charge in [0.15, 0.2) is 0 Å². The predicted octanol–water partition coefficient (Wildman–Crippen LogP) is 5.90. The molecule has 6 rings (SSSR count). The van der Waals surface area contributed by atoms with Crippen LogP contribution in [0.2, 0.25) is 0 Å². The van der Waals surface area contributed by atoms with Gasteiger partial charge in [-0.05, 0) is 82.8 Å². The minimum absolute atomic E-state index is 0.162. The van der Waals surface area contributed by atoms with Crippen molar-refractivity contribution in [2.45, 2.75) is 111 Å². The van der Waals surface area contributed by atoms with Crippen LogP contribution in [0.3, 0.4) is 0 Å². The lowest BCUT2D eigenvalue weighted by Gasteiger charge is -2.42. The topological polar surface area (TPSA) is 160 Å². The van der Waals surface area contributed by atoms with Crippen LogP contribution in [-0.4, -0.2) is 133 Å². The van der Waals surface area contributed by atoms with E-state index >= 15 is 0 Å². The number of rotatable bonds is 19. The Hall–Kier alpha value is -4.74. The number of carbonyl (C=O) groups is 4. The molecule has 2 aliphatic rings. The summed E-state index contributed by atoms with van der Waals surface area (Å²) in [5.41, 5.74) is 9.48. The second-order valence-corrected chi connectivity index (χ2v) is 18.7. The SMILES string of the molecule is CCn1c(-c2cccnc2C(C)OC)c(CC(C)(C)COC=O)c2cc(-c3csc(CC(NC(=O)C(C(C)C)N(C)C=O)C(=O)N4CCCCN4)n3)ccc21.COC1CN(C)C1C. The van der Waals surface area contributed by atoms with Gasteiger partial charge in [0, 0.05) is 98.9 Å². The van der Waals surface area contributed by atoms with Crippen molar-refractivity contribution < 1.29 is 33.4 Å². The fourth-order valence-corrected chi connectivity index (χ4v) is 9.37. The highest BCUT2D eigenvalue weighted by atomic mass is 32.1. The van der Waals surface area contributed by atoms with Crippen molar-refractivity contribution in [3.63, 3.8) is 0 Å². The zero-order valence-electron chi connectivity index (χ0n) is 39.0. The number of carbonyl (C=O) groups excluding carboxylic acids is 4. The molecule has 3 aromatic heterocycles. The molecule has 2 fully saturated rings. The van der Waals surface area contributed by atoms with Gasteiger partial charge in [-0.3, -0.25) is 34.1 Å². The molecule has 344 valence electrons. The number of hydrogen-bond donors (Lipinski definition) is 2. The summed E-state index contributed by atoms with van der Waals surface area (Å²) in [4.78, 5) is 63.7. The van der Waals surface area contributed by atoms with Crippen molar-refractivity contribution in [3.05, 3.63) is 58.2 Å². The van der Waals surface area contributed by atoms with Gasteiger partial charge in [0.05, 0.1) is 40.9 Å². The number of nitrogens with zero attached hydrogens (tertiary/aromatic N) is 6. The van der Waals surface area contributed by atoms with Gasteiger partial charge in [-0.25, -0.2) is 10.4 Å². The van der Waals surface area contributed by atoms with Crippen LogP contribution in [0, 0.1) is 11.3 Å². The van der Waals surface area contributed by atoms with Crippen molar-refractivity contribution in [2.24, 2.45) is 11.3 Å². The van der Waals surface area contributed by atoms with E-state index in [4.69, 9.17) is 24.2 Å². The summed E-state index contributed by atoms with van der Waals surface area (Å²) in [7, 11) is 7.14. The molecule has 4 aromatic rings. The fraction of sp³-hybridized carbons (Fsp3) is 0.574. The lowest BCUT2D eigenvalue weighted by atomic mass is 9.84. The van der Waals surface area contributed by atoms with Gasteiger partial charge < -0.3 is 29.0 Å². The number of methoxy groups -OCH3 is 2. The molecule has 0 radical (unpaired) electrons. The Bertz CT molecular complexity index is 2170. The number of likely N-dealkylation sites (N-methyl/N-ethyl adjacent to an activating group) is 2. The molecule has 0 aliphatic carbocycles. The second-order valence-electron chi connectivity index (χ2n) is 17.8. The summed E-state index contributed by atoms with van der Waals surface area (Å²) in [6.45, 7) is 18.0. The van der Waals surface area contributed by atoms with E-state index in [-0.39, 0.29) is 42.3 Å². The van der Waals surface area contributed by atoms with E-state index in [0.717, 1.165) is 64.1 Å². The first kappa shape index (κ1) is 49.3. The summed E-state index contributed by atoms with van der Waals surface area (Å²) >= 11 is 1.44. The first-order chi connectivity index (χ1) is 30.1. The van der Waals surface area contributed by atoms with Crippen LogP contribution in [-0.2, 0) is 52.8 Å². The number of thiazole rings is 1. The van der Waals surface area contributed by atoms with E-state index in [1.165, 1.54) is 16.2 Å². The van der Waals surface area contributed by atoms with Crippen molar-refractivity contribution >= 4 is 46.9 Å². The van der Waals surface area contributed by atoms with Crippen LogP contribution < -0.4 is 10.7 Å². The number of likely N-dealkylation sites (tertiary alicyclic amines) is 1. The molecule has 16 heteroatoms. The van der Waals surface area contributed by atoms with Crippen LogP contribution in [0.25, 0.3) is 33.4 Å². The first-order valence-electron chi connectivity index (χ1n) is 22.0. The number of aromatic nitrogens is 3. The molecule has 63 heavy (non-hydrogen) atoms. The molecular weight excluding hydrogens is 821 g/mol. The third kappa shape index (κ3) is 11.7. The Morgan fingerprint density at radius 2 is 1.90 bits per heavy atom. The molecule has 2 N–H and O–H groups in total. The summed E-state index contributed by atoms with van der Waals surface area (Å²) in [5, 5.41) is 8.29. The first-order valence-corrected chi connectivity index (χ1v) is 22.9. The molecule has 3 amide bonds. The number of ether oxygens (including phenoxy) is 3.